The normalized spacial score (nSPS) is 10.2. The van der Waals surface area contributed by atoms with Crippen LogP contribution in [0, 0.1) is 0 Å². The molecular weight excluding hydrogens is 352 g/mol. The molecule has 0 saturated heterocycles. The maximum atomic E-state index is 4.53. The van der Waals surface area contributed by atoms with Crippen molar-refractivity contribution in [3.63, 3.8) is 0 Å². The minimum absolute atomic E-state index is 0.840. The number of hydrogen-bond acceptors (Lipinski definition) is 2. The standard InChI is InChI=1S/C27H22N2/c1-3-11-22(12-4-1)19-24-15-7-9-17-26(24)28-21-29-27-18-10-8-16-25(27)20-23-13-5-2-6-14-23/h1-18H,19-20H2. The molecule has 0 aromatic heterocycles. The van der Waals surface area contributed by atoms with Crippen LogP contribution in [0.25, 0.3) is 0 Å². The number of para-hydroxylation sites is 2. The first-order valence-electron chi connectivity index (χ1n) is 9.78. The lowest BCUT2D eigenvalue weighted by Crippen LogP contribution is -1.88. The Hall–Kier alpha value is -3.74. The molecule has 0 aliphatic rings. The summed E-state index contributed by atoms with van der Waals surface area (Å²) in [7, 11) is 0. The molecular formula is C27H22N2. The number of hydrogen-bond donors (Lipinski definition) is 0. The summed E-state index contributed by atoms with van der Waals surface area (Å²) < 4.78 is 0. The van der Waals surface area contributed by atoms with Gasteiger partial charge in [0.05, 0.1) is 11.4 Å². The lowest BCUT2D eigenvalue weighted by molar-refractivity contribution is 1.18. The summed E-state index contributed by atoms with van der Waals surface area (Å²) in [6.07, 6.45) is 1.68. The van der Waals surface area contributed by atoms with Gasteiger partial charge in [-0.1, -0.05) is 97.1 Å². The van der Waals surface area contributed by atoms with Gasteiger partial charge in [0.15, 0.2) is 0 Å². The van der Waals surface area contributed by atoms with E-state index in [-0.39, 0.29) is 0 Å². The van der Waals surface area contributed by atoms with Gasteiger partial charge in [0.25, 0.3) is 0 Å². The van der Waals surface area contributed by atoms with Crippen molar-refractivity contribution in [3.05, 3.63) is 131 Å². The third kappa shape index (κ3) is 5.16. The first-order chi connectivity index (χ1) is 14.4. The predicted molar refractivity (Wildman–Crippen MR) is 121 cm³/mol. The number of benzene rings is 4. The van der Waals surface area contributed by atoms with E-state index in [0.29, 0.717) is 0 Å². The Morgan fingerprint density at radius 3 is 1.28 bits per heavy atom. The molecule has 4 aromatic carbocycles. The fourth-order valence-electron chi connectivity index (χ4n) is 3.30. The summed E-state index contributed by atoms with van der Waals surface area (Å²) in [5.41, 5.74) is 6.67. The minimum Gasteiger partial charge on any atom is -0.187 e. The minimum atomic E-state index is 0.840. The zero-order valence-corrected chi connectivity index (χ0v) is 16.2. The summed E-state index contributed by atoms with van der Waals surface area (Å²) in [5.74, 6) is 0. The van der Waals surface area contributed by atoms with E-state index in [1.165, 1.54) is 22.3 Å². The van der Waals surface area contributed by atoms with Crippen LogP contribution in [-0.2, 0) is 12.8 Å². The molecule has 0 aliphatic carbocycles. The molecule has 0 amide bonds. The third-order valence-corrected chi connectivity index (χ3v) is 4.80. The van der Waals surface area contributed by atoms with Gasteiger partial charge in [-0.25, -0.2) is 0 Å². The van der Waals surface area contributed by atoms with Crippen LogP contribution in [0.2, 0.25) is 0 Å². The second-order valence-electron chi connectivity index (χ2n) is 6.91. The van der Waals surface area contributed by atoms with Crippen molar-refractivity contribution in [2.45, 2.75) is 12.8 Å². The molecule has 140 valence electrons. The Morgan fingerprint density at radius 2 is 0.828 bits per heavy atom. The average Bonchev–Trinajstić information content (AvgIpc) is 2.78. The van der Waals surface area contributed by atoms with Gasteiger partial charge >= 0.3 is 0 Å². The Bertz CT molecular complexity index is 1040. The van der Waals surface area contributed by atoms with Crippen molar-refractivity contribution in [1.29, 1.82) is 0 Å². The topological polar surface area (TPSA) is 24.7 Å². The van der Waals surface area contributed by atoms with Crippen LogP contribution in [0.15, 0.2) is 119 Å². The maximum Gasteiger partial charge on any atom is 0.100 e. The fourth-order valence-corrected chi connectivity index (χ4v) is 3.30. The van der Waals surface area contributed by atoms with E-state index in [2.05, 4.69) is 76.7 Å². The van der Waals surface area contributed by atoms with Crippen molar-refractivity contribution in [1.82, 2.24) is 0 Å². The highest BCUT2D eigenvalue weighted by atomic mass is 14.8. The first-order valence-corrected chi connectivity index (χ1v) is 9.78. The lowest BCUT2D eigenvalue weighted by Gasteiger charge is -2.05. The molecule has 0 aliphatic heterocycles. The van der Waals surface area contributed by atoms with Crippen molar-refractivity contribution < 1.29 is 0 Å². The van der Waals surface area contributed by atoms with Gasteiger partial charge in [-0.05, 0) is 47.2 Å². The van der Waals surface area contributed by atoms with Crippen molar-refractivity contribution in [2.24, 2.45) is 9.98 Å². The van der Waals surface area contributed by atoms with E-state index < -0.39 is 0 Å². The molecule has 4 aromatic rings. The van der Waals surface area contributed by atoms with Crippen LogP contribution < -0.4 is 0 Å². The molecule has 0 spiro atoms. The third-order valence-electron chi connectivity index (χ3n) is 4.80. The number of rotatable bonds is 6. The highest BCUT2D eigenvalue weighted by Gasteiger charge is 2.03. The summed E-state index contributed by atoms with van der Waals surface area (Å²) in [4.78, 5) is 9.06. The molecule has 0 radical (unpaired) electrons. The molecule has 0 N–H and O–H groups in total. The van der Waals surface area contributed by atoms with E-state index in [4.69, 9.17) is 0 Å². The first kappa shape index (κ1) is 18.6. The fraction of sp³-hybridized carbons (Fsp3) is 0.0741. The molecule has 0 saturated carbocycles. The Labute approximate surface area is 171 Å². The highest BCUT2D eigenvalue weighted by molar-refractivity contribution is 5.62. The van der Waals surface area contributed by atoms with Crippen LogP contribution in [0.4, 0.5) is 11.4 Å². The Morgan fingerprint density at radius 1 is 0.448 bits per heavy atom. The van der Waals surface area contributed by atoms with Crippen molar-refractivity contribution >= 4 is 17.4 Å². The SMILES string of the molecule is C(=Nc1ccccc1Cc1ccccc1)=Nc1ccccc1Cc1ccccc1. The van der Waals surface area contributed by atoms with E-state index in [1.54, 1.807) is 0 Å². The zero-order valence-electron chi connectivity index (χ0n) is 16.2. The van der Waals surface area contributed by atoms with Gasteiger partial charge in [-0.3, -0.25) is 0 Å². The molecule has 0 fully saturated rings. The second-order valence-corrected chi connectivity index (χ2v) is 6.91. The molecule has 0 heterocycles. The molecule has 0 atom stereocenters. The average molecular weight is 374 g/mol. The van der Waals surface area contributed by atoms with Gasteiger partial charge in [-0.2, -0.15) is 9.98 Å². The number of aliphatic imine (C=N–C) groups is 2. The molecule has 2 nitrogen and oxygen atoms in total. The van der Waals surface area contributed by atoms with Crippen LogP contribution in [0.5, 0.6) is 0 Å². The largest absolute Gasteiger partial charge is 0.187 e. The van der Waals surface area contributed by atoms with Gasteiger partial charge in [0, 0.05) is 0 Å². The smallest absolute Gasteiger partial charge is 0.100 e. The van der Waals surface area contributed by atoms with Gasteiger partial charge in [0.2, 0.25) is 0 Å². The molecule has 4 rings (SSSR count). The van der Waals surface area contributed by atoms with Crippen molar-refractivity contribution in [3.8, 4) is 0 Å². The highest BCUT2D eigenvalue weighted by Crippen LogP contribution is 2.23. The Kier molecular flexibility index (Phi) is 6.07. The van der Waals surface area contributed by atoms with Crippen LogP contribution in [0.3, 0.4) is 0 Å². The second kappa shape index (κ2) is 9.45. The van der Waals surface area contributed by atoms with E-state index in [0.717, 1.165) is 24.2 Å². The maximum absolute atomic E-state index is 4.53. The van der Waals surface area contributed by atoms with E-state index in [9.17, 15) is 0 Å². The summed E-state index contributed by atoms with van der Waals surface area (Å²) in [5, 5.41) is 0. The lowest BCUT2D eigenvalue weighted by atomic mass is 10.0. The molecule has 2 heteroatoms. The van der Waals surface area contributed by atoms with Gasteiger partial charge in [-0.15, -0.1) is 0 Å². The monoisotopic (exact) mass is 374 g/mol. The molecule has 29 heavy (non-hydrogen) atoms. The summed E-state index contributed by atoms with van der Waals surface area (Å²) >= 11 is 0. The summed E-state index contributed by atoms with van der Waals surface area (Å²) in [6.45, 7) is 0. The number of nitrogens with zero attached hydrogens (tertiary/aromatic N) is 2. The Balaban J connectivity index is 1.57. The predicted octanol–water partition coefficient (Wildman–Crippen LogP) is 7.01. The van der Waals surface area contributed by atoms with E-state index in [1.807, 2.05) is 48.5 Å². The van der Waals surface area contributed by atoms with Crippen LogP contribution in [0.1, 0.15) is 22.3 Å². The summed E-state index contributed by atoms with van der Waals surface area (Å²) in [6, 6.07) is 40.1. The van der Waals surface area contributed by atoms with Gasteiger partial charge < -0.3 is 0 Å². The van der Waals surface area contributed by atoms with E-state index >= 15 is 0 Å². The quantitative estimate of drug-likeness (QED) is 0.324. The molecule has 0 bridgehead atoms. The van der Waals surface area contributed by atoms with Gasteiger partial charge in [0.1, 0.15) is 6.01 Å². The molecule has 0 unspecified atom stereocenters. The zero-order chi connectivity index (χ0) is 19.7. The van der Waals surface area contributed by atoms with Crippen LogP contribution in [-0.4, -0.2) is 6.01 Å². The van der Waals surface area contributed by atoms with Crippen LogP contribution >= 0.6 is 0 Å². The van der Waals surface area contributed by atoms with Crippen molar-refractivity contribution in [2.75, 3.05) is 0 Å².